The summed E-state index contributed by atoms with van der Waals surface area (Å²) >= 11 is 12.7. The molecule has 0 bridgehead atoms. The second-order valence-electron chi connectivity index (χ2n) is 6.35. The van der Waals surface area contributed by atoms with Gasteiger partial charge < -0.3 is 0 Å². The van der Waals surface area contributed by atoms with Gasteiger partial charge in [-0.25, -0.2) is 4.39 Å². The molecule has 0 saturated carbocycles. The summed E-state index contributed by atoms with van der Waals surface area (Å²) in [5.41, 5.74) is 2.75. The third kappa shape index (κ3) is 4.69. The van der Waals surface area contributed by atoms with E-state index >= 15 is 0 Å². The van der Waals surface area contributed by atoms with E-state index in [9.17, 15) is 4.39 Å². The molecule has 0 atom stereocenters. The molecule has 4 nitrogen and oxygen atoms in total. The highest BCUT2D eigenvalue weighted by Crippen LogP contribution is 2.23. The number of H-pyrrole nitrogens is 1. The molecule has 1 N–H and O–H groups in total. The average molecular weight is 537 g/mol. The zero-order valence-electron chi connectivity index (χ0n) is 14.9. The van der Waals surface area contributed by atoms with Crippen LogP contribution in [0.5, 0.6) is 0 Å². The highest BCUT2D eigenvalue weighted by molar-refractivity contribution is 9.11. The van der Waals surface area contributed by atoms with E-state index in [4.69, 9.17) is 11.6 Å². The van der Waals surface area contributed by atoms with Gasteiger partial charge in [-0.1, -0.05) is 55.6 Å². The van der Waals surface area contributed by atoms with E-state index in [0.717, 1.165) is 36.3 Å². The molecule has 3 aromatic carbocycles. The fourth-order valence-electron chi connectivity index (χ4n) is 2.96. The second-order valence-corrected chi connectivity index (χ2v) is 8.49. The van der Waals surface area contributed by atoms with Crippen molar-refractivity contribution in [2.45, 2.75) is 6.54 Å². The molecule has 0 aliphatic rings. The van der Waals surface area contributed by atoms with Gasteiger partial charge in [-0.3, -0.25) is 9.78 Å². The average Bonchev–Trinajstić information content (AvgIpc) is 3.29. The Hall–Kier alpha value is -2.22. The first-order valence-electron chi connectivity index (χ1n) is 8.64. The minimum Gasteiger partial charge on any atom is -0.278 e. The lowest BCUT2D eigenvalue weighted by molar-refractivity contribution is 0.620. The molecule has 8 heteroatoms. The van der Waals surface area contributed by atoms with Crippen LogP contribution in [0.1, 0.15) is 5.56 Å². The predicted molar refractivity (Wildman–Crippen MR) is 122 cm³/mol. The van der Waals surface area contributed by atoms with Gasteiger partial charge in [0.1, 0.15) is 5.82 Å². The van der Waals surface area contributed by atoms with Crippen LogP contribution in [0, 0.1) is 5.82 Å². The third-order valence-corrected chi connectivity index (χ3v) is 5.84. The summed E-state index contributed by atoms with van der Waals surface area (Å²) in [7, 11) is 0. The second kappa shape index (κ2) is 8.65. The van der Waals surface area contributed by atoms with E-state index in [0.29, 0.717) is 11.6 Å². The maximum absolute atomic E-state index is 13.3. The molecule has 146 valence electrons. The molecule has 2 heterocycles. The van der Waals surface area contributed by atoms with Crippen LogP contribution in [-0.4, -0.2) is 20.0 Å². The topological polar surface area (TPSA) is 46.5 Å². The molecule has 5 aromatic rings. The van der Waals surface area contributed by atoms with Gasteiger partial charge >= 0.3 is 0 Å². The van der Waals surface area contributed by atoms with Gasteiger partial charge in [0, 0.05) is 30.9 Å². The zero-order valence-corrected chi connectivity index (χ0v) is 18.8. The number of halogens is 4. The molecule has 0 saturated heterocycles. The van der Waals surface area contributed by atoms with Crippen molar-refractivity contribution in [2.75, 3.05) is 0 Å². The molecule has 5 rings (SSSR count). The Balaban J connectivity index is 0.000000171. The Bertz CT molecular complexity index is 1280. The highest BCUT2D eigenvalue weighted by atomic mass is 79.9. The van der Waals surface area contributed by atoms with Crippen molar-refractivity contribution >= 4 is 65.3 Å². The molecule has 0 radical (unpaired) electrons. The summed E-state index contributed by atoms with van der Waals surface area (Å²) in [6, 6.07) is 16.3. The van der Waals surface area contributed by atoms with Gasteiger partial charge in [-0.05, 0) is 48.0 Å². The Morgan fingerprint density at radius 3 is 2.48 bits per heavy atom. The largest absolute Gasteiger partial charge is 0.278 e. The van der Waals surface area contributed by atoms with Crippen LogP contribution in [0.3, 0.4) is 0 Å². The summed E-state index contributed by atoms with van der Waals surface area (Å²) in [6.07, 6.45) is 3.73. The summed E-state index contributed by atoms with van der Waals surface area (Å²) < 4.78 is 17.1. The van der Waals surface area contributed by atoms with Gasteiger partial charge in [0.05, 0.1) is 23.8 Å². The van der Waals surface area contributed by atoms with E-state index in [1.165, 1.54) is 12.1 Å². The van der Waals surface area contributed by atoms with E-state index < -0.39 is 0 Å². The molecular formula is C21H14Br2ClFN4. The van der Waals surface area contributed by atoms with Crippen molar-refractivity contribution in [3.63, 3.8) is 0 Å². The summed E-state index contributed by atoms with van der Waals surface area (Å²) in [5.74, 6) is -0.333. The molecule has 0 amide bonds. The van der Waals surface area contributed by atoms with Gasteiger partial charge in [0.2, 0.25) is 0 Å². The van der Waals surface area contributed by atoms with Crippen molar-refractivity contribution in [1.29, 1.82) is 0 Å². The van der Waals surface area contributed by atoms with Crippen LogP contribution < -0.4 is 0 Å². The van der Waals surface area contributed by atoms with Gasteiger partial charge in [0.25, 0.3) is 0 Å². The van der Waals surface area contributed by atoms with Crippen molar-refractivity contribution in [2.24, 2.45) is 0 Å². The normalized spacial score (nSPS) is 10.9. The number of benzene rings is 3. The Kier molecular flexibility index (Phi) is 5.99. The van der Waals surface area contributed by atoms with Crippen molar-refractivity contribution in [3.8, 4) is 0 Å². The zero-order chi connectivity index (χ0) is 20.4. The smallest absolute Gasteiger partial charge is 0.125 e. The van der Waals surface area contributed by atoms with Crippen molar-refractivity contribution in [1.82, 2.24) is 20.0 Å². The molecule has 0 unspecified atom stereocenters. The lowest BCUT2D eigenvalue weighted by atomic mass is 10.2. The fraction of sp³-hybridized carbons (Fsp3) is 0.0476. The van der Waals surface area contributed by atoms with Crippen LogP contribution in [0.4, 0.5) is 4.39 Å². The number of nitrogens with one attached hydrogen (secondary N) is 1. The number of hydrogen-bond acceptors (Lipinski definition) is 2. The molecule has 0 spiro atoms. The van der Waals surface area contributed by atoms with Gasteiger partial charge in [0.15, 0.2) is 0 Å². The quantitative estimate of drug-likeness (QED) is 0.265. The maximum Gasteiger partial charge on any atom is 0.125 e. The van der Waals surface area contributed by atoms with Crippen molar-refractivity contribution in [3.05, 3.63) is 92.3 Å². The van der Waals surface area contributed by atoms with E-state index in [2.05, 4.69) is 47.2 Å². The summed E-state index contributed by atoms with van der Waals surface area (Å²) in [4.78, 5) is 0. The lowest BCUT2D eigenvalue weighted by Crippen LogP contribution is -2.00. The van der Waals surface area contributed by atoms with Crippen molar-refractivity contribution < 1.29 is 4.39 Å². The lowest BCUT2D eigenvalue weighted by Gasteiger charge is -2.02. The SMILES string of the molecule is Brc1cccc2[nH]ncc12.Fc1cc(Cl)cc(Cn2cc3c(Br)cccc3n2)c1. The fourth-order valence-corrected chi connectivity index (χ4v) is 4.13. The minimum absolute atomic E-state index is 0.333. The number of nitrogens with zero attached hydrogens (tertiary/aromatic N) is 3. The Morgan fingerprint density at radius 2 is 1.76 bits per heavy atom. The molecule has 0 aliphatic heterocycles. The standard InChI is InChI=1S/C14H9BrClFN2.C7H5BrN2/c15-13-2-1-3-14-12(13)8-19(18-14)7-9-4-10(16)6-11(17)5-9;8-6-2-1-3-7-5(6)4-9-10-7/h1-6,8H,7H2;1-4H,(H,9,10). The maximum atomic E-state index is 13.3. The number of aromatic amines is 1. The first-order valence-corrected chi connectivity index (χ1v) is 10.6. The summed E-state index contributed by atoms with van der Waals surface area (Å²) in [5, 5.41) is 13.8. The van der Waals surface area contributed by atoms with Crippen LogP contribution >= 0.6 is 43.5 Å². The minimum atomic E-state index is -0.333. The number of aromatic nitrogens is 4. The molecule has 0 fully saturated rings. The molecule has 0 aliphatic carbocycles. The van der Waals surface area contributed by atoms with E-state index in [1.54, 1.807) is 16.9 Å². The third-order valence-electron chi connectivity index (χ3n) is 4.24. The summed E-state index contributed by atoms with van der Waals surface area (Å²) in [6.45, 7) is 0.485. The highest BCUT2D eigenvalue weighted by Gasteiger charge is 2.06. The molecule has 2 aromatic heterocycles. The van der Waals surface area contributed by atoms with Crippen LogP contribution in [0.15, 0.2) is 75.9 Å². The Morgan fingerprint density at radius 1 is 1.00 bits per heavy atom. The number of hydrogen-bond donors (Lipinski definition) is 1. The van der Waals surface area contributed by atoms with Crippen LogP contribution in [0.2, 0.25) is 5.02 Å². The van der Waals surface area contributed by atoms with Gasteiger partial charge in [-0.15, -0.1) is 0 Å². The molecule has 29 heavy (non-hydrogen) atoms. The molecular weight excluding hydrogens is 523 g/mol. The number of fused-ring (bicyclic) bond motifs is 2. The van der Waals surface area contributed by atoms with Gasteiger partial charge in [-0.2, -0.15) is 10.2 Å². The Labute approximate surface area is 187 Å². The van der Waals surface area contributed by atoms with E-state index in [1.807, 2.05) is 42.6 Å². The van der Waals surface area contributed by atoms with Crippen LogP contribution in [-0.2, 0) is 6.54 Å². The first-order chi connectivity index (χ1) is 14.0. The first kappa shape index (κ1) is 20.1. The monoisotopic (exact) mass is 534 g/mol. The van der Waals surface area contributed by atoms with Crippen LogP contribution in [0.25, 0.3) is 21.8 Å². The predicted octanol–water partition coefficient (Wildman–Crippen LogP) is 6.97. The number of rotatable bonds is 2. The van der Waals surface area contributed by atoms with E-state index in [-0.39, 0.29) is 5.82 Å².